The van der Waals surface area contributed by atoms with Crippen LogP contribution in [0, 0.1) is 0 Å². The average molecular weight is 903 g/mol. The minimum atomic E-state index is -0.481. The molecule has 1 fully saturated rings. The molecule has 358 valence electrons. The van der Waals surface area contributed by atoms with Crippen LogP contribution in [-0.4, -0.2) is 44.3 Å². The molecule has 0 saturated carbocycles. The van der Waals surface area contributed by atoms with Gasteiger partial charge >= 0.3 is 18.0 Å². The maximum Gasteiger partial charge on any atom is 0.343 e. The third-order valence-corrected chi connectivity index (χ3v) is 12.4. The first kappa shape index (κ1) is 51.7. The highest BCUT2D eigenvalue weighted by Crippen LogP contribution is 2.28. The lowest BCUT2D eigenvalue weighted by molar-refractivity contribution is 0.0725. The topological polar surface area (TPSA) is 94.6 Å². The molecular formula is C57H78N2O7. The highest BCUT2D eigenvalue weighted by atomic mass is 16.5. The van der Waals surface area contributed by atoms with Crippen LogP contribution in [0.2, 0.25) is 0 Å². The Morgan fingerprint density at radius 3 is 0.955 bits per heavy atom. The Hall–Kier alpha value is -5.31. The fourth-order valence-corrected chi connectivity index (χ4v) is 8.38. The summed E-state index contributed by atoms with van der Waals surface area (Å²) >= 11 is 0. The molecule has 9 heteroatoms. The molecule has 0 aromatic heterocycles. The first-order valence-electron chi connectivity index (χ1n) is 25.6. The summed E-state index contributed by atoms with van der Waals surface area (Å²) in [6.07, 6.45) is 31.4. The smallest absolute Gasteiger partial charge is 0.343 e. The highest BCUT2D eigenvalue weighted by molar-refractivity contribution is 6.06. The van der Waals surface area contributed by atoms with Gasteiger partial charge < -0.3 is 18.9 Å². The maximum absolute atomic E-state index is 13.5. The van der Waals surface area contributed by atoms with E-state index in [9.17, 15) is 14.4 Å². The number of benzene rings is 4. The average Bonchev–Trinajstić information content (AvgIpc) is 3.73. The standard InChI is InChI=1S/C57H78N2O7/c1-3-5-7-9-11-13-15-17-19-21-23-25-45-63-51-35-39-53(40-36-51)65-55(60)47-27-31-49(32-28-47)58-43-44-59(57(58)62)50-33-29-48(30-34-50)56(61)66-54-41-37-52(38-42-54)64-46-26-24-22-20-18-16-14-12-10-8-6-4-2/h27-42H,3-26,43-46H2,1-2H3. The van der Waals surface area contributed by atoms with Crippen molar-refractivity contribution < 1.29 is 33.3 Å². The van der Waals surface area contributed by atoms with E-state index in [0.717, 1.165) is 24.3 Å². The molecule has 66 heavy (non-hydrogen) atoms. The monoisotopic (exact) mass is 903 g/mol. The van der Waals surface area contributed by atoms with Gasteiger partial charge in [0.2, 0.25) is 0 Å². The first-order valence-corrected chi connectivity index (χ1v) is 25.6. The molecule has 1 aliphatic heterocycles. The summed E-state index contributed by atoms with van der Waals surface area (Å²) in [5.74, 6) is 1.42. The zero-order chi connectivity index (χ0) is 46.4. The minimum absolute atomic E-state index is 0.192. The van der Waals surface area contributed by atoms with Crippen LogP contribution in [0.15, 0.2) is 97.1 Å². The van der Waals surface area contributed by atoms with Crippen LogP contribution < -0.4 is 28.7 Å². The molecule has 0 unspecified atom stereocenters. The molecule has 1 saturated heterocycles. The number of carbonyl (C=O) groups is 3. The number of rotatable bonds is 34. The SMILES string of the molecule is CCCCCCCCCCCCCCOc1ccc(OC(=O)c2ccc(N3CCN(c4ccc(C(=O)Oc5ccc(OCCCCCCCCCCCCCC)cc5)cc4)C3=O)cc2)cc1. The quantitative estimate of drug-likeness (QED) is 0.0262. The van der Waals surface area contributed by atoms with E-state index in [-0.39, 0.29) is 6.03 Å². The van der Waals surface area contributed by atoms with Gasteiger partial charge in [-0.15, -0.1) is 0 Å². The Balaban J connectivity index is 0.942. The lowest BCUT2D eigenvalue weighted by atomic mass is 10.1. The number of ether oxygens (including phenoxy) is 4. The summed E-state index contributed by atoms with van der Waals surface area (Å²) in [6, 6.07) is 27.8. The number of nitrogens with zero attached hydrogens (tertiary/aromatic N) is 2. The third kappa shape index (κ3) is 18.9. The molecule has 5 rings (SSSR count). The Kier molecular flexibility index (Phi) is 24.1. The number of hydrogen-bond donors (Lipinski definition) is 0. The molecular weight excluding hydrogens is 825 g/mol. The summed E-state index contributed by atoms with van der Waals surface area (Å²) in [4.78, 5) is 42.8. The van der Waals surface area contributed by atoms with Crippen LogP contribution >= 0.6 is 0 Å². The van der Waals surface area contributed by atoms with Crippen molar-refractivity contribution >= 4 is 29.3 Å². The van der Waals surface area contributed by atoms with E-state index >= 15 is 0 Å². The Morgan fingerprint density at radius 1 is 0.379 bits per heavy atom. The van der Waals surface area contributed by atoms with Gasteiger partial charge in [0.1, 0.15) is 23.0 Å². The molecule has 1 heterocycles. The predicted octanol–water partition coefficient (Wildman–Crippen LogP) is 15.7. The summed E-state index contributed by atoms with van der Waals surface area (Å²) in [5.41, 5.74) is 2.11. The van der Waals surface area contributed by atoms with Crippen molar-refractivity contribution in [3.05, 3.63) is 108 Å². The summed E-state index contributed by atoms with van der Waals surface area (Å²) in [7, 11) is 0. The van der Waals surface area contributed by atoms with E-state index in [2.05, 4.69) is 13.8 Å². The van der Waals surface area contributed by atoms with Crippen molar-refractivity contribution in [1.29, 1.82) is 0 Å². The number of amides is 2. The number of carbonyl (C=O) groups excluding carboxylic acids is 3. The molecule has 9 nitrogen and oxygen atoms in total. The first-order chi connectivity index (χ1) is 32.4. The van der Waals surface area contributed by atoms with Crippen molar-refractivity contribution in [2.75, 3.05) is 36.1 Å². The molecule has 2 amide bonds. The molecule has 0 aliphatic carbocycles. The Bertz CT molecular complexity index is 1810. The van der Waals surface area contributed by atoms with Crippen LogP contribution in [0.4, 0.5) is 16.2 Å². The van der Waals surface area contributed by atoms with Gasteiger partial charge in [-0.3, -0.25) is 9.80 Å². The van der Waals surface area contributed by atoms with Gasteiger partial charge in [0.15, 0.2) is 0 Å². The second-order valence-corrected chi connectivity index (χ2v) is 17.9. The lowest BCUT2D eigenvalue weighted by Gasteiger charge is -2.19. The molecule has 4 aromatic rings. The van der Waals surface area contributed by atoms with E-state index in [1.54, 1.807) is 82.6 Å². The van der Waals surface area contributed by atoms with Gasteiger partial charge in [-0.2, -0.15) is 0 Å². The van der Waals surface area contributed by atoms with Crippen LogP contribution in [0.5, 0.6) is 23.0 Å². The molecule has 4 aromatic carbocycles. The molecule has 0 spiro atoms. The van der Waals surface area contributed by atoms with Gasteiger partial charge in [-0.05, 0) is 110 Å². The van der Waals surface area contributed by atoms with E-state index in [0.29, 0.717) is 60.3 Å². The van der Waals surface area contributed by atoms with Crippen molar-refractivity contribution in [3.8, 4) is 23.0 Å². The number of esters is 2. The van der Waals surface area contributed by atoms with Crippen LogP contribution in [0.1, 0.15) is 189 Å². The zero-order valence-electron chi connectivity index (χ0n) is 40.3. The number of urea groups is 1. The molecule has 0 atom stereocenters. The van der Waals surface area contributed by atoms with Gasteiger partial charge in [-0.25, -0.2) is 14.4 Å². The van der Waals surface area contributed by atoms with Crippen LogP contribution in [0.3, 0.4) is 0 Å². The van der Waals surface area contributed by atoms with Crippen molar-refractivity contribution in [2.45, 2.75) is 168 Å². The number of anilines is 2. The Morgan fingerprint density at radius 2 is 0.652 bits per heavy atom. The largest absolute Gasteiger partial charge is 0.494 e. The fraction of sp³-hybridized carbons (Fsp3) is 0.526. The lowest BCUT2D eigenvalue weighted by Crippen LogP contribution is -2.31. The summed E-state index contributed by atoms with van der Waals surface area (Å²) in [5, 5.41) is 0. The molecule has 0 bridgehead atoms. The second kappa shape index (κ2) is 30.8. The Labute approximate surface area is 396 Å². The predicted molar refractivity (Wildman–Crippen MR) is 269 cm³/mol. The van der Waals surface area contributed by atoms with Crippen molar-refractivity contribution in [1.82, 2.24) is 0 Å². The highest BCUT2D eigenvalue weighted by Gasteiger charge is 2.31. The minimum Gasteiger partial charge on any atom is -0.494 e. The van der Waals surface area contributed by atoms with E-state index in [1.807, 2.05) is 24.3 Å². The number of hydrogen-bond acceptors (Lipinski definition) is 7. The number of unbranched alkanes of at least 4 members (excludes halogenated alkanes) is 22. The molecule has 1 aliphatic rings. The zero-order valence-corrected chi connectivity index (χ0v) is 40.3. The van der Waals surface area contributed by atoms with Crippen LogP contribution in [0.25, 0.3) is 0 Å². The molecule has 0 N–H and O–H groups in total. The summed E-state index contributed by atoms with van der Waals surface area (Å²) in [6.45, 7) is 6.82. The second-order valence-electron chi connectivity index (χ2n) is 17.9. The van der Waals surface area contributed by atoms with Gasteiger partial charge in [-0.1, -0.05) is 155 Å². The van der Waals surface area contributed by atoms with E-state index in [1.165, 1.54) is 141 Å². The van der Waals surface area contributed by atoms with Gasteiger partial charge in [0.25, 0.3) is 0 Å². The van der Waals surface area contributed by atoms with Crippen molar-refractivity contribution in [3.63, 3.8) is 0 Å². The third-order valence-electron chi connectivity index (χ3n) is 12.4. The van der Waals surface area contributed by atoms with E-state index in [4.69, 9.17) is 18.9 Å². The van der Waals surface area contributed by atoms with Gasteiger partial charge in [0.05, 0.1) is 24.3 Å². The van der Waals surface area contributed by atoms with E-state index < -0.39 is 11.9 Å². The normalized spacial score (nSPS) is 12.4. The summed E-state index contributed by atoms with van der Waals surface area (Å²) < 4.78 is 23.1. The molecule has 0 radical (unpaired) electrons. The van der Waals surface area contributed by atoms with Crippen molar-refractivity contribution in [2.24, 2.45) is 0 Å². The van der Waals surface area contributed by atoms with Gasteiger partial charge in [0, 0.05) is 24.5 Å². The van der Waals surface area contributed by atoms with Crippen LogP contribution in [-0.2, 0) is 0 Å². The fourth-order valence-electron chi connectivity index (χ4n) is 8.38. The maximum atomic E-state index is 13.5.